The van der Waals surface area contributed by atoms with Crippen LogP contribution in [0.15, 0.2) is 0 Å². The molecule has 0 amide bonds. The second-order valence-corrected chi connectivity index (χ2v) is 6.32. The van der Waals surface area contributed by atoms with Crippen molar-refractivity contribution < 1.29 is 0 Å². The lowest BCUT2D eigenvalue weighted by molar-refractivity contribution is 0.519. The van der Waals surface area contributed by atoms with E-state index in [9.17, 15) is 0 Å². The van der Waals surface area contributed by atoms with Crippen LogP contribution in [0.4, 0.5) is 11.9 Å². The van der Waals surface area contributed by atoms with Crippen LogP contribution >= 0.6 is 11.6 Å². The van der Waals surface area contributed by atoms with Gasteiger partial charge in [-0.25, -0.2) is 0 Å². The number of nitrogens with zero attached hydrogens (tertiary/aromatic N) is 4. The Kier molecular flexibility index (Phi) is 3.96. The maximum absolute atomic E-state index is 6.04. The van der Waals surface area contributed by atoms with E-state index in [1.807, 2.05) is 0 Å². The van der Waals surface area contributed by atoms with E-state index in [-0.39, 0.29) is 5.28 Å². The van der Waals surface area contributed by atoms with Crippen LogP contribution < -0.4 is 10.2 Å². The molecular weight excluding hydrogens is 274 g/mol. The Morgan fingerprint density at radius 3 is 2.55 bits per heavy atom. The van der Waals surface area contributed by atoms with Crippen molar-refractivity contribution in [2.24, 2.45) is 5.41 Å². The lowest BCUT2D eigenvalue weighted by atomic mass is 10.0. The second-order valence-electron chi connectivity index (χ2n) is 5.98. The molecule has 1 saturated heterocycles. The molecule has 1 N–H and O–H groups in total. The van der Waals surface area contributed by atoms with E-state index in [4.69, 9.17) is 11.6 Å². The minimum Gasteiger partial charge on any atom is -0.353 e. The summed E-state index contributed by atoms with van der Waals surface area (Å²) < 4.78 is 0. The largest absolute Gasteiger partial charge is 0.353 e. The van der Waals surface area contributed by atoms with Gasteiger partial charge in [0.05, 0.1) is 0 Å². The third-order valence-electron chi connectivity index (χ3n) is 4.56. The molecule has 1 saturated carbocycles. The van der Waals surface area contributed by atoms with Gasteiger partial charge in [-0.05, 0) is 55.5 Å². The van der Waals surface area contributed by atoms with Gasteiger partial charge in [0.25, 0.3) is 0 Å². The molecule has 5 nitrogen and oxygen atoms in total. The molecule has 0 aromatic carbocycles. The molecule has 3 rings (SSSR count). The molecule has 2 heterocycles. The van der Waals surface area contributed by atoms with E-state index in [2.05, 4.69) is 32.1 Å². The Hall–Kier alpha value is -1.10. The van der Waals surface area contributed by atoms with Crippen molar-refractivity contribution in [3.63, 3.8) is 0 Å². The van der Waals surface area contributed by atoms with Gasteiger partial charge in [0.2, 0.25) is 17.2 Å². The molecule has 0 radical (unpaired) electrons. The van der Waals surface area contributed by atoms with E-state index in [0.29, 0.717) is 17.3 Å². The van der Waals surface area contributed by atoms with E-state index in [0.717, 1.165) is 19.6 Å². The van der Waals surface area contributed by atoms with Crippen LogP contribution in [0.1, 0.15) is 45.4 Å². The molecule has 6 heteroatoms. The number of aromatic nitrogens is 3. The van der Waals surface area contributed by atoms with Crippen molar-refractivity contribution in [3.8, 4) is 0 Å². The molecule has 0 bridgehead atoms. The molecule has 0 unspecified atom stereocenters. The quantitative estimate of drug-likeness (QED) is 0.904. The van der Waals surface area contributed by atoms with Crippen LogP contribution in [-0.2, 0) is 0 Å². The summed E-state index contributed by atoms with van der Waals surface area (Å²) in [7, 11) is 0. The number of anilines is 2. The van der Waals surface area contributed by atoms with Crippen LogP contribution in [0.25, 0.3) is 0 Å². The van der Waals surface area contributed by atoms with E-state index < -0.39 is 0 Å². The van der Waals surface area contributed by atoms with Crippen LogP contribution in [0.3, 0.4) is 0 Å². The highest BCUT2D eigenvalue weighted by molar-refractivity contribution is 6.28. The third-order valence-corrected chi connectivity index (χ3v) is 4.73. The predicted octanol–water partition coefficient (Wildman–Crippen LogP) is 3.12. The van der Waals surface area contributed by atoms with Crippen molar-refractivity contribution in [1.82, 2.24) is 15.0 Å². The SMILES string of the molecule is CCC1(CNc2nc(Cl)nc(N3CCCCC3)n2)CC1. The van der Waals surface area contributed by atoms with Crippen molar-refractivity contribution in [3.05, 3.63) is 5.28 Å². The van der Waals surface area contributed by atoms with Crippen LogP contribution in [0.5, 0.6) is 0 Å². The first-order valence-corrected chi connectivity index (χ1v) is 7.99. The maximum atomic E-state index is 6.04. The van der Waals surface area contributed by atoms with Crippen LogP contribution in [0.2, 0.25) is 5.28 Å². The number of hydrogen-bond acceptors (Lipinski definition) is 5. The van der Waals surface area contributed by atoms with E-state index in [1.165, 1.54) is 38.5 Å². The fourth-order valence-electron chi connectivity index (χ4n) is 2.75. The first kappa shape index (κ1) is 13.9. The summed E-state index contributed by atoms with van der Waals surface area (Å²) in [6, 6.07) is 0. The summed E-state index contributed by atoms with van der Waals surface area (Å²) >= 11 is 6.04. The summed E-state index contributed by atoms with van der Waals surface area (Å²) in [5.41, 5.74) is 0.463. The minimum absolute atomic E-state index is 0.282. The van der Waals surface area contributed by atoms with Gasteiger partial charge < -0.3 is 10.2 Å². The van der Waals surface area contributed by atoms with Gasteiger partial charge in [-0.1, -0.05) is 6.92 Å². The molecule has 1 aromatic rings. The number of halogens is 1. The Morgan fingerprint density at radius 2 is 1.90 bits per heavy atom. The molecule has 2 fully saturated rings. The smallest absolute Gasteiger partial charge is 0.231 e. The van der Waals surface area contributed by atoms with E-state index >= 15 is 0 Å². The number of nitrogens with one attached hydrogen (secondary N) is 1. The number of hydrogen-bond donors (Lipinski definition) is 1. The topological polar surface area (TPSA) is 53.9 Å². The molecule has 0 atom stereocenters. The fraction of sp³-hybridized carbons (Fsp3) is 0.786. The number of piperidine rings is 1. The van der Waals surface area contributed by atoms with Crippen molar-refractivity contribution in [2.45, 2.75) is 45.4 Å². The number of rotatable bonds is 5. The summed E-state index contributed by atoms with van der Waals surface area (Å²) in [6.45, 7) is 5.20. The Bertz CT molecular complexity index is 469. The third kappa shape index (κ3) is 3.14. The van der Waals surface area contributed by atoms with Crippen LogP contribution in [-0.4, -0.2) is 34.6 Å². The van der Waals surface area contributed by atoms with Crippen molar-refractivity contribution >= 4 is 23.5 Å². The Morgan fingerprint density at radius 1 is 1.15 bits per heavy atom. The summed E-state index contributed by atoms with van der Waals surface area (Å²) in [6.07, 6.45) is 7.50. The minimum atomic E-state index is 0.282. The maximum Gasteiger partial charge on any atom is 0.231 e. The molecule has 1 aliphatic heterocycles. The zero-order valence-electron chi connectivity index (χ0n) is 12.0. The highest BCUT2D eigenvalue weighted by Gasteiger charge is 2.40. The Balaban J connectivity index is 1.69. The first-order chi connectivity index (χ1) is 9.71. The molecule has 2 aliphatic rings. The highest BCUT2D eigenvalue weighted by atomic mass is 35.5. The van der Waals surface area contributed by atoms with Crippen LogP contribution in [0, 0.1) is 5.41 Å². The van der Waals surface area contributed by atoms with Crippen molar-refractivity contribution in [2.75, 3.05) is 29.9 Å². The monoisotopic (exact) mass is 295 g/mol. The fourth-order valence-corrected chi connectivity index (χ4v) is 2.91. The summed E-state index contributed by atoms with van der Waals surface area (Å²) in [4.78, 5) is 15.2. The van der Waals surface area contributed by atoms with Crippen molar-refractivity contribution in [1.29, 1.82) is 0 Å². The van der Waals surface area contributed by atoms with Gasteiger partial charge in [-0.15, -0.1) is 0 Å². The molecule has 1 aliphatic carbocycles. The zero-order chi connectivity index (χ0) is 14.0. The molecule has 20 heavy (non-hydrogen) atoms. The molecular formula is C14H22ClN5. The average molecular weight is 296 g/mol. The lowest BCUT2D eigenvalue weighted by Gasteiger charge is -2.26. The predicted molar refractivity (Wildman–Crippen MR) is 81.3 cm³/mol. The lowest BCUT2D eigenvalue weighted by Crippen LogP contribution is -2.31. The highest BCUT2D eigenvalue weighted by Crippen LogP contribution is 2.48. The van der Waals surface area contributed by atoms with Gasteiger partial charge >= 0.3 is 0 Å². The summed E-state index contributed by atoms with van der Waals surface area (Å²) in [5, 5.41) is 3.63. The first-order valence-electron chi connectivity index (χ1n) is 7.61. The van der Waals surface area contributed by atoms with Gasteiger partial charge in [0.1, 0.15) is 0 Å². The second kappa shape index (κ2) is 5.72. The van der Waals surface area contributed by atoms with Gasteiger partial charge in [-0.2, -0.15) is 15.0 Å². The van der Waals surface area contributed by atoms with Gasteiger partial charge in [0, 0.05) is 19.6 Å². The zero-order valence-corrected chi connectivity index (χ0v) is 12.8. The standard InChI is InChI=1S/C14H22ClN5/c1-2-14(6-7-14)10-16-12-17-11(15)18-13(19-12)20-8-4-3-5-9-20/h2-10H2,1H3,(H,16,17,18,19). The Labute approximate surface area is 125 Å². The van der Waals surface area contributed by atoms with Gasteiger partial charge in [-0.3, -0.25) is 0 Å². The van der Waals surface area contributed by atoms with Gasteiger partial charge in [0.15, 0.2) is 0 Å². The summed E-state index contributed by atoms with van der Waals surface area (Å²) in [5.74, 6) is 1.33. The van der Waals surface area contributed by atoms with E-state index in [1.54, 1.807) is 0 Å². The molecule has 1 aromatic heterocycles. The normalized spacial score (nSPS) is 20.8. The average Bonchev–Trinajstić information content (AvgIpc) is 3.26. The molecule has 0 spiro atoms. The molecule has 110 valence electrons.